The third kappa shape index (κ3) is 5.70. The fourth-order valence-corrected chi connectivity index (χ4v) is 2.73. The van der Waals surface area contributed by atoms with E-state index in [9.17, 15) is 0 Å². The first kappa shape index (κ1) is 17.3. The number of nitrogens with one attached hydrogen (secondary N) is 1. The predicted molar refractivity (Wildman–Crippen MR) is 90.1 cm³/mol. The topological polar surface area (TPSA) is 18.5 Å². The van der Waals surface area contributed by atoms with Crippen molar-refractivity contribution in [3.8, 4) is 0 Å². The molecule has 1 fully saturated rings. The first-order valence-electron chi connectivity index (χ1n) is 7.41. The monoisotopic (exact) mass is 297 g/mol. The second-order valence-corrected chi connectivity index (χ2v) is 5.71. The molecule has 0 radical (unpaired) electrons. The minimum Gasteiger partial charge on any atom is -0.373 e. The molecule has 0 bridgehead atoms. The number of hydrogen-bond acceptors (Lipinski definition) is 3. The molecule has 3 nitrogen and oxygen atoms in total. The standard InChI is InChI=1S/C16H27N3.ClH/c1-18(14-15-8-10-17-11-9-15)12-13-19(2)16-6-4-3-5-7-16;/h3-7,15,17H,8-14H2,1-2H3;1H. The van der Waals surface area contributed by atoms with Gasteiger partial charge in [-0.1, -0.05) is 18.2 Å². The zero-order chi connectivity index (χ0) is 13.5. The molecular weight excluding hydrogens is 270 g/mol. The van der Waals surface area contributed by atoms with Crippen molar-refractivity contribution in [3.05, 3.63) is 30.3 Å². The zero-order valence-electron chi connectivity index (χ0n) is 12.7. The van der Waals surface area contributed by atoms with E-state index >= 15 is 0 Å². The molecular formula is C16H28ClN3. The summed E-state index contributed by atoms with van der Waals surface area (Å²) in [6.07, 6.45) is 2.66. The fraction of sp³-hybridized carbons (Fsp3) is 0.625. The van der Waals surface area contributed by atoms with Gasteiger partial charge in [0.1, 0.15) is 0 Å². The van der Waals surface area contributed by atoms with E-state index in [1.807, 2.05) is 0 Å². The van der Waals surface area contributed by atoms with Crippen molar-refractivity contribution in [3.63, 3.8) is 0 Å². The van der Waals surface area contributed by atoms with Gasteiger partial charge in [-0.25, -0.2) is 0 Å². The van der Waals surface area contributed by atoms with Crippen LogP contribution < -0.4 is 10.2 Å². The molecule has 1 aliphatic heterocycles. The molecule has 0 aliphatic carbocycles. The summed E-state index contributed by atoms with van der Waals surface area (Å²) in [7, 11) is 4.43. The van der Waals surface area contributed by atoms with Gasteiger partial charge in [-0.3, -0.25) is 0 Å². The molecule has 2 rings (SSSR count). The number of piperidine rings is 1. The lowest BCUT2D eigenvalue weighted by molar-refractivity contribution is 0.244. The SMILES string of the molecule is CN(CCN(C)c1ccccc1)CC1CCNCC1.Cl. The lowest BCUT2D eigenvalue weighted by atomic mass is 9.98. The Morgan fingerprint density at radius 2 is 1.70 bits per heavy atom. The highest BCUT2D eigenvalue weighted by Gasteiger charge is 2.15. The van der Waals surface area contributed by atoms with Crippen molar-refractivity contribution in [2.24, 2.45) is 5.92 Å². The third-order valence-electron chi connectivity index (χ3n) is 4.04. The van der Waals surface area contributed by atoms with Gasteiger partial charge in [-0.05, 0) is 51.0 Å². The number of likely N-dealkylation sites (N-methyl/N-ethyl adjacent to an activating group) is 2. The smallest absolute Gasteiger partial charge is 0.0364 e. The van der Waals surface area contributed by atoms with Crippen molar-refractivity contribution < 1.29 is 0 Å². The van der Waals surface area contributed by atoms with E-state index in [-0.39, 0.29) is 12.4 Å². The van der Waals surface area contributed by atoms with Crippen LogP contribution >= 0.6 is 12.4 Å². The average molecular weight is 298 g/mol. The van der Waals surface area contributed by atoms with E-state index < -0.39 is 0 Å². The molecule has 1 heterocycles. The molecule has 0 atom stereocenters. The summed E-state index contributed by atoms with van der Waals surface area (Å²) in [6, 6.07) is 10.6. The Hall–Kier alpha value is -0.770. The Balaban J connectivity index is 0.00000200. The molecule has 4 heteroatoms. The lowest BCUT2D eigenvalue weighted by Crippen LogP contribution is -2.37. The molecule has 114 valence electrons. The van der Waals surface area contributed by atoms with Gasteiger partial charge in [0.2, 0.25) is 0 Å². The Morgan fingerprint density at radius 3 is 2.35 bits per heavy atom. The zero-order valence-corrected chi connectivity index (χ0v) is 13.5. The number of nitrogens with zero attached hydrogens (tertiary/aromatic N) is 2. The molecule has 1 saturated heterocycles. The Labute approximate surface area is 129 Å². The Kier molecular flexibility index (Phi) is 7.97. The Morgan fingerprint density at radius 1 is 1.05 bits per heavy atom. The van der Waals surface area contributed by atoms with Crippen molar-refractivity contribution in [2.45, 2.75) is 12.8 Å². The first-order valence-corrected chi connectivity index (χ1v) is 7.41. The summed E-state index contributed by atoms with van der Waals surface area (Å²) in [4.78, 5) is 4.81. The first-order chi connectivity index (χ1) is 9.25. The predicted octanol–water partition coefficient (Wildman–Crippen LogP) is 2.48. The maximum absolute atomic E-state index is 3.43. The highest BCUT2D eigenvalue weighted by atomic mass is 35.5. The van der Waals surface area contributed by atoms with Gasteiger partial charge in [-0.15, -0.1) is 12.4 Å². The van der Waals surface area contributed by atoms with Gasteiger partial charge >= 0.3 is 0 Å². The number of halogens is 1. The highest BCUT2D eigenvalue weighted by Crippen LogP contribution is 2.13. The second-order valence-electron chi connectivity index (χ2n) is 5.71. The van der Waals surface area contributed by atoms with Crippen molar-refractivity contribution >= 4 is 18.1 Å². The van der Waals surface area contributed by atoms with Gasteiger partial charge in [0, 0.05) is 32.4 Å². The van der Waals surface area contributed by atoms with Gasteiger partial charge < -0.3 is 15.1 Å². The summed E-state index contributed by atoms with van der Waals surface area (Å²) in [5, 5.41) is 3.43. The maximum Gasteiger partial charge on any atom is 0.0364 e. The van der Waals surface area contributed by atoms with Gasteiger partial charge in [0.05, 0.1) is 0 Å². The van der Waals surface area contributed by atoms with Crippen LogP contribution in [-0.4, -0.2) is 51.7 Å². The highest BCUT2D eigenvalue weighted by molar-refractivity contribution is 5.85. The van der Waals surface area contributed by atoms with Crippen molar-refractivity contribution in [1.29, 1.82) is 0 Å². The normalized spacial score (nSPS) is 15.9. The van der Waals surface area contributed by atoms with Crippen LogP contribution in [0.1, 0.15) is 12.8 Å². The van der Waals surface area contributed by atoms with Crippen LogP contribution in [0.2, 0.25) is 0 Å². The fourth-order valence-electron chi connectivity index (χ4n) is 2.73. The molecule has 0 spiro atoms. The number of benzene rings is 1. The van der Waals surface area contributed by atoms with Gasteiger partial charge in [0.25, 0.3) is 0 Å². The summed E-state index contributed by atoms with van der Waals surface area (Å²) in [6.45, 7) is 5.86. The quantitative estimate of drug-likeness (QED) is 0.870. The van der Waals surface area contributed by atoms with E-state index in [1.165, 1.54) is 38.2 Å². The van der Waals surface area contributed by atoms with Crippen LogP contribution in [-0.2, 0) is 0 Å². The summed E-state index contributed by atoms with van der Waals surface area (Å²) >= 11 is 0. The molecule has 0 saturated carbocycles. The number of rotatable bonds is 6. The number of para-hydroxylation sites is 1. The molecule has 1 aromatic rings. The minimum absolute atomic E-state index is 0. The van der Waals surface area contributed by atoms with E-state index in [0.717, 1.165) is 19.0 Å². The summed E-state index contributed by atoms with van der Waals surface area (Å²) < 4.78 is 0. The molecule has 0 unspecified atom stereocenters. The molecule has 0 amide bonds. The summed E-state index contributed by atoms with van der Waals surface area (Å²) in [5.41, 5.74) is 1.30. The average Bonchev–Trinajstić information content (AvgIpc) is 2.47. The molecule has 1 aliphatic rings. The molecule has 1 N–H and O–H groups in total. The van der Waals surface area contributed by atoms with Crippen LogP contribution in [0.15, 0.2) is 30.3 Å². The third-order valence-corrected chi connectivity index (χ3v) is 4.04. The van der Waals surface area contributed by atoms with E-state index in [0.29, 0.717) is 0 Å². The second kappa shape index (κ2) is 9.22. The van der Waals surface area contributed by atoms with Crippen molar-refractivity contribution in [2.75, 3.05) is 51.7 Å². The minimum atomic E-state index is 0. The molecule has 20 heavy (non-hydrogen) atoms. The van der Waals surface area contributed by atoms with Crippen LogP contribution in [0.4, 0.5) is 5.69 Å². The Bertz CT molecular complexity index is 352. The number of hydrogen-bond donors (Lipinski definition) is 1. The van der Waals surface area contributed by atoms with Crippen LogP contribution in [0.25, 0.3) is 0 Å². The molecule has 1 aromatic carbocycles. The lowest BCUT2D eigenvalue weighted by Gasteiger charge is -2.29. The number of anilines is 1. The van der Waals surface area contributed by atoms with Crippen LogP contribution in [0, 0.1) is 5.92 Å². The van der Waals surface area contributed by atoms with Crippen LogP contribution in [0.5, 0.6) is 0 Å². The van der Waals surface area contributed by atoms with Gasteiger partial charge in [0.15, 0.2) is 0 Å². The largest absolute Gasteiger partial charge is 0.373 e. The van der Waals surface area contributed by atoms with E-state index in [1.54, 1.807) is 0 Å². The van der Waals surface area contributed by atoms with Crippen LogP contribution in [0.3, 0.4) is 0 Å². The van der Waals surface area contributed by atoms with Crippen molar-refractivity contribution in [1.82, 2.24) is 10.2 Å². The van der Waals surface area contributed by atoms with Gasteiger partial charge in [-0.2, -0.15) is 0 Å². The summed E-state index contributed by atoms with van der Waals surface area (Å²) in [5.74, 6) is 0.883. The maximum atomic E-state index is 3.43. The molecule has 0 aromatic heterocycles. The van der Waals surface area contributed by atoms with E-state index in [4.69, 9.17) is 0 Å². The van der Waals surface area contributed by atoms with E-state index in [2.05, 4.69) is 59.5 Å².